The third kappa shape index (κ3) is 5.35. The molecule has 1 heterocycles. The standard InChI is InChI=1S/C21H20N2O6/c1-13(24)22-15-3-5-16(6-4-15)23-20(25)12-29-21(26)9-14-11-28-19-10-17(27-2)7-8-18(14)19/h3-8,10-11H,9,12H2,1-2H3,(H,22,24)(H,23,25). The number of carbonyl (C=O) groups is 3. The monoisotopic (exact) mass is 396 g/mol. The molecule has 0 aliphatic carbocycles. The lowest BCUT2D eigenvalue weighted by Gasteiger charge is -2.08. The van der Waals surface area contributed by atoms with Crippen LogP contribution in [0.15, 0.2) is 53.1 Å². The van der Waals surface area contributed by atoms with Crippen LogP contribution < -0.4 is 15.4 Å². The maximum atomic E-state index is 12.1. The highest BCUT2D eigenvalue weighted by atomic mass is 16.5. The second-order valence-electron chi connectivity index (χ2n) is 6.27. The fourth-order valence-corrected chi connectivity index (χ4v) is 2.72. The van der Waals surface area contributed by atoms with Gasteiger partial charge in [0.15, 0.2) is 6.61 Å². The number of benzene rings is 2. The highest BCUT2D eigenvalue weighted by Crippen LogP contribution is 2.26. The first-order valence-electron chi connectivity index (χ1n) is 8.82. The first-order valence-corrected chi connectivity index (χ1v) is 8.82. The Morgan fingerprint density at radius 2 is 1.69 bits per heavy atom. The molecule has 0 bridgehead atoms. The number of esters is 1. The SMILES string of the molecule is COc1ccc2c(CC(=O)OCC(=O)Nc3ccc(NC(C)=O)cc3)coc2c1. The Hall–Kier alpha value is -3.81. The lowest BCUT2D eigenvalue weighted by atomic mass is 10.1. The van der Waals surface area contributed by atoms with Gasteiger partial charge in [-0.3, -0.25) is 14.4 Å². The van der Waals surface area contributed by atoms with Gasteiger partial charge in [-0.1, -0.05) is 0 Å². The fourth-order valence-electron chi connectivity index (χ4n) is 2.72. The highest BCUT2D eigenvalue weighted by Gasteiger charge is 2.14. The molecule has 0 aliphatic heterocycles. The highest BCUT2D eigenvalue weighted by molar-refractivity contribution is 5.94. The number of methoxy groups -OCH3 is 1. The van der Waals surface area contributed by atoms with E-state index < -0.39 is 18.5 Å². The van der Waals surface area contributed by atoms with Crippen molar-refractivity contribution in [3.8, 4) is 5.75 Å². The molecule has 0 saturated carbocycles. The lowest BCUT2D eigenvalue weighted by molar-refractivity contribution is -0.146. The lowest BCUT2D eigenvalue weighted by Crippen LogP contribution is -2.21. The molecule has 0 atom stereocenters. The summed E-state index contributed by atoms with van der Waals surface area (Å²) in [6, 6.07) is 11.9. The van der Waals surface area contributed by atoms with Gasteiger partial charge in [0.25, 0.3) is 5.91 Å². The number of anilines is 2. The molecule has 0 saturated heterocycles. The largest absolute Gasteiger partial charge is 0.497 e. The van der Waals surface area contributed by atoms with E-state index in [0.29, 0.717) is 28.3 Å². The summed E-state index contributed by atoms with van der Waals surface area (Å²) in [7, 11) is 1.56. The molecule has 0 spiro atoms. The van der Waals surface area contributed by atoms with Crippen LogP contribution in [0.2, 0.25) is 0 Å². The Bertz CT molecular complexity index is 1040. The predicted molar refractivity (Wildman–Crippen MR) is 107 cm³/mol. The third-order valence-corrected chi connectivity index (χ3v) is 4.05. The second kappa shape index (κ2) is 8.92. The number of rotatable bonds is 7. The van der Waals surface area contributed by atoms with Crippen LogP contribution >= 0.6 is 0 Å². The average Bonchev–Trinajstić information content (AvgIpc) is 3.09. The maximum absolute atomic E-state index is 12.1. The third-order valence-electron chi connectivity index (χ3n) is 4.05. The molecule has 2 aromatic carbocycles. The summed E-state index contributed by atoms with van der Waals surface area (Å²) in [6.45, 7) is 1.00. The van der Waals surface area contributed by atoms with Gasteiger partial charge in [0, 0.05) is 35.3 Å². The zero-order valence-corrected chi connectivity index (χ0v) is 16.0. The van der Waals surface area contributed by atoms with Crippen LogP contribution in [0.25, 0.3) is 11.0 Å². The first kappa shape index (κ1) is 19.9. The molecule has 2 N–H and O–H groups in total. The smallest absolute Gasteiger partial charge is 0.310 e. The number of nitrogens with one attached hydrogen (secondary N) is 2. The summed E-state index contributed by atoms with van der Waals surface area (Å²) >= 11 is 0. The molecule has 3 rings (SSSR count). The minimum absolute atomic E-state index is 0.0159. The molecule has 150 valence electrons. The van der Waals surface area contributed by atoms with Crippen molar-refractivity contribution in [2.45, 2.75) is 13.3 Å². The van der Waals surface area contributed by atoms with Crippen LogP contribution in [0.1, 0.15) is 12.5 Å². The van der Waals surface area contributed by atoms with E-state index in [1.54, 1.807) is 49.6 Å². The van der Waals surface area contributed by atoms with Crippen molar-refractivity contribution >= 4 is 40.1 Å². The molecule has 0 aliphatic rings. The normalized spacial score (nSPS) is 10.4. The minimum atomic E-state index is -0.542. The average molecular weight is 396 g/mol. The van der Waals surface area contributed by atoms with Crippen LogP contribution in [-0.2, 0) is 25.5 Å². The zero-order chi connectivity index (χ0) is 20.8. The van der Waals surface area contributed by atoms with Gasteiger partial charge in [0.2, 0.25) is 5.91 Å². The van der Waals surface area contributed by atoms with Crippen LogP contribution in [0.3, 0.4) is 0 Å². The van der Waals surface area contributed by atoms with E-state index in [-0.39, 0.29) is 12.3 Å². The summed E-state index contributed by atoms with van der Waals surface area (Å²) < 4.78 is 15.6. The summed E-state index contributed by atoms with van der Waals surface area (Å²) in [5, 5.41) is 6.03. The first-order chi connectivity index (χ1) is 13.9. The molecular formula is C21H20N2O6. The fraction of sp³-hybridized carbons (Fsp3) is 0.190. The van der Waals surface area contributed by atoms with Crippen molar-refractivity contribution in [2.24, 2.45) is 0 Å². The molecule has 3 aromatic rings. The topological polar surface area (TPSA) is 107 Å². The van der Waals surface area contributed by atoms with Crippen LogP contribution in [0, 0.1) is 0 Å². The van der Waals surface area contributed by atoms with Gasteiger partial charge in [-0.15, -0.1) is 0 Å². The van der Waals surface area contributed by atoms with Gasteiger partial charge in [0.05, 0.1) is 19.8 Å². The number of fused-ring (bicyclic) bond motifs is 1. The van der Waals surface area contributed by atoms with Crippen molar-refractivity contribution in [3.05, 3.63) is 54.3 Å². The Labute approximate surface area is 166 Å². The van der Waals surface area contributed by atoms with Crippen LogP contribution in [0.4, 0.5) is 11.4 Å². The zero-order valence-electron chi connectivity index (χ0n) is 16.0. The molecule has 8 heteroatoms. The number of carbonyl (C=O) groups excluding carboxylic acids is 3. The van der Waals surface area contributed by atoms with E-state index >= 15 is 0 Å². The van der Waals surface area contributed by atoms with Crippen LogP contribution in [0.5, 0.6) is 5.75 Å². The summed E-state index contributed by atoms with van der Waals surface area (Å²) in [5.74, 6) is -0.534. The van der Waals surface area contributed by atoms with Gasteiger partial charge >= 0.3 is 5.97 Å². The molecule has 2 amide bonds. The molecule has 1 aromatic heterocycles. The van der Waals surface area contributed by atoms with Gasteiger partial charge in [-0.25, -0.2) is 0 Å². The van der Waals surface area contributed by atoms with E-state index in [1.807, 2.05) is 0 Å². The van der Waals surface area contributed by atoms with E-state index in [9.17, 15) is 14.4 Å². The Balaban J connectivity index is 1.50. The second-order valence-corrected chi connectivity index (χ2v) is 6.27. The van der Waals surface area contributed by atoms with Crippen LogP contribution in [-0.4, -0.2) is 31.5 Å². The summed E-state index contributed by atoms with van der Waals surface area (Å²) in [6.07, 6.45) is 1.47. The molecule has 0 radical (unpaired) electrons. The van der Waals surface area contributed by atoms with Crippen molar-refractivity contribution in [1.29, 1.82) is 0 Å². The summed E-state index contributed by atoms with van der Waals surface area (Å²) in [4.78, 5) is 35.0. The van der Waals surface area contributed by atoms with E-state index in [0.717, 1.165) is 5.39 Å². The predicted octanol–water partition coefficient (Wildman–Crippen LogP) is 3.12. The number of hydrogen-bond acceptors (Lipinski definition) is 6. The minimum Gasteiger partial charge on any atom is -0.497 e. The van der Waals surface area contributed by atoms with E-state index in [2.05, 4.69) is 10.6 Å². The van der Waals surface area contributed by atoms with Gasteiger partial charge in [0.1, 0.15) is 11.3 Å². The van der Waals surface area contributed by atoms with Crippen molar-refractivity contribution in [3.63, 3.8) is 0 Å². The number of ether oxygens (including phenoxy) is 2. The van der Waals surface area contributed by atoms with Gasteiger partial charge in [-0.05, 0) is 36.4 Å². The Kier molecular flexibility index (Phi) is 6.13. The van der Waals surface area contributed by atoms with Crippen molar-refractivity contribution in [2.75, 3.05) is 24.4 Å². The molecule has 29 heavy (non-hydrogen) atoms. The number of amides is 2. The Morgan fingerprint density at radius 3 is 2.34 bits per heavy atom. The van der Waals surface area contributed by atoms with Gasteiger partial charge in [-0.2, -0.15) is 0 Å². The van der Waals surface area contributed by atoms with Crippen molar-refractivity contribution in [1.82, 2.24) is 0 Å². The molecule has 0 fully saturated rings. The molecular weight excluding hydrogens is 376 g/mol. The number of furan rings is 1. The molecule has 0 unspecified atom stereocenters. The quantitative estimate of drug-likeness (QED) is 0.594. The number of hydrogen-bond donors (Lipinski definition) is 2. The maximum Gasteiger partial charge on any atom is 0.310 e. The van der Waals surface area contributed by atoms with E-state index in [1.165, 1.54) is 13.2 Å². The van der Waals surface area contributed by atoms with E-state index in [4.69, 9.17) is 13.9 Å². The van der Waals surface area contributed by atoms with Gasteiger partial charge < -0.3 is 24.5 Å². The molecule has 8 nitrogen and oxygen atoms in total. The summed E-state index contributed by atoms with van der Waals surface area (Å²) in [5.41, 5.74) is 2.41. The Morgan fingerprint density at radius 1 is 1.00 bits per heavy atom. The van der Waals surface area contributed by atoms with Crippen molar-refractivity contribution < 1.29 is 28.3 Å².